The number of ether oxygens (including phenoxy) is 3. The number of hydrogen-bond donors (Lipinski definition) is 0. The van der Waals surface area contributed by atoms with Crippen LogP contribution in [0.2, 0.25) is 0 Å². The number of aryl methyl sites for hydroxylation is 2. The van der Waals surface area contributed by atoms with Gasteiger partial charge in [0.05, 0.1) is 18.1 Å². The van der Waals surface area contributed by atoms with E-state index in [1.807, 2.05) is 19.2 Å². The number of morpholine rings is 1. The molecule has 7 nitrogen and oxygen atoms in total. The van der Waals surface area contributed by atoms with Crippen molar-refractivity contribution >= 4 is 10.0 Å². The highest BCUT2D eigenvalue weighted by Crippen LogP contribution is 2.20. The predicted molar refractivity (Wildman–Crippen MR) is 120 cm³/mol. The first-order valence-electron chi connectivity index (χ1n) is 10.5. The van der Waals surface area contributed by atoms with E-state index in [2.05, 4.69) is 24.8 Å². The summed E-state index contributed by atoms with van der Waals surface area (Å²) >= 11 is 0. The van der Waals surface area contributed by atoms with Crippen LogP contribution in [0.4, 0.5) is 0 Å². The Morgan fingerprint density at radius 1 is 0.903 bits per heavy atom. The molecule has 3 rings (SSSR count). The molecule has 31 heavy (non-hydrogen) atoms. The summed E-state index contributed by atoms with van der Waals surface area (Å²) in [6, 6.07) is 12.8. The van der Waals surface area contributed by atoms with Crippen LogP contribution in [-0.4, -0.2) is 77.3 Å². The van der Waals surface area contributed by atoms with Crippen LogP contribution in [-0.2, 0) is 14.8 Å². The Hall–Kier alpha value is -2.13. The molecule has 170 valence electrons. The fraction of sp³-hybridized carbons (Fsp3) is 0.478. The highest BCUT2D eigenvalue weighted by molar-refractivity contribution is 7.89. The summed E-state index contributed by atoms with van der Waals surface area (Å²) in [5.74, 6) is 1.55. The summed E-state index contributed by atoms with van der Waals surface area (Å²) in [5, 5.41) is 0. The second-order valence-electron chi connectivity index (χ2n) is 7.81. The molecule has 0 spiro atoms. The van der Waals surface area contributed by atoms with Crippen LogP contribution in [0.3, 0.4) is 0 Å². The second-order valence-corrected chi connectivity index (χ2v) is 9.75. The van der Waals surface area contributed by atoms with Gasteiger partial charge in [-0.3, -0.25) is 4.90 Å². The Morgan fingerprint density at radius 3 is 2.03 bits per heavy atom. The third-order valence-electron chi connectivity index (χ3n) is 5.11. The maximum absolute atomic E-state index is 12.7. The van der Waals surface area contributed by atoms with Gasteiger partial charge in [-0.1, -0.05) is 6.07 Å². The van der Waals surface area contributed by atoms with E-state index in [0.717, 1.165) is 18.8 Å². The molecule has 0 aromatic heterocycles. The van der Waals surface area contributed by atoms with Crippen LogP contribution in [0, 0.1) is 13.8 Å². The van der Waals surface area contributed by atoms with Gasteiger partial charge in [0, 0.05) is 26.2 Å². The number of likely N-dealkylation sites (N-methyl/N-ethyl adjacent to an activating group) is 1. The highest BCUT2D eigenvalue weighted by atomic mass is 32.2. The first kappa shape index (κ1) is 23.5. The molecule has 1 saturated heterocycles. The van der Waals surface area contributed by atoms with E-state index in [1.54, 1.807) is 24.3 Å². The molecule has 0 atom stereocenters. The molecule has 2 aromatic carbocycles. The van der Waals surface area contributed by atoms with Gasteiger partial charge in [0.2, 0.25) is 10.0 Å². The van der Waals surface area contributed by atoms with E-state index < -0.39 is 10.0 Å². The molecule has 0 unspecified atom stereocenters. The monoisotopic (exact) mass is 448 g/mol. The molecule has 0 radical (unpaired) electrons. The first-order chi connectivity index (χ1) is 14.8. The van der Waals surface area contributed by atoms with Gasteiger partial charge >= 0.3 is 0 Å². The minimum atomic E-state index is -3.48. The van der Waals surface area contributed by atoms with Gasteiger partial charge < -0.3 is 14.2 Å². The fourth-order valence-electron chi connectivity index (χ4n) is 3.41. The Kier molecular flexibility index (Phi) is 8.31. The van der Waals surface area contributed by atoms with Gasteiger partial charge in [-0.25, -0.2) is 8.42 Å². The predicted octanol–water partition coefficient (Wildman–Crippen LogP) is 2.71. The molecule has 0 N–H and O–H groups in total. The van der Waals surface area contributed by atoms with Crippen molar-refractivity contribution < 1.29 is 22.6 Å². The van der Waals surface area contributed by atoms with E-state index >= 15 is 0 Å². The van der Waals surface area contributed by atoms with Gasteiger partial charge in [-0.2, -0.15) is 4.31 Å². The van der Waals surface area contributed by atoms with Crippen molar-refractivity contribution in [2.24, 2.45) is 0 Å². The number of sulfonamides is 1. The molecular formula is C23H32N2O5S. The Bertz CT molecular complexity index is 921. The molecular weight excluding hydrogens is 416 g/mol. The molecule has 0 amide bonds. The van der Waals surface area contributed by atoms with Crippen molar-refractivity contribution in [1.29, 1.82) is 0 Å². The quantitative estimate of drug-likeness (QED) is 0.557. The molecule has 1 aliphatic rings. The first-order valence-corrected chi connectivity index (χ1v) is 12.0. The van der Waals surface area contributed by atoms with Gasteiger partial charge in [0.15, 0.2) is 0 Å². The van der Waals surface area contributed by atoms with Crippen LogP contribution < -0.4 is 9.47 Å². The molecule has 8 heteroatoms. The number of rotatable bonds is 10. The maximum Gasteiger partial charge on any atom is 0.243 e. The average Bonchev–Trinajstić information content (AvgIpc) is 2.74. The van der Waals surface area contributed by atoms with Gasteiger partial charge in [0.1, 0.15) is 24.7 Å². The third-order valence-corrected chi connectivity index (χ3v) is 7.02. The zero-order chi connectivity index (χ0) is 22.3. The van der Waals surface area contributed by atoms with E-state index in [-0.39, 0.29) is 4.90 Å². The Morgan fingerprint density at radius 2 is 1.45 bits per heavy atom. The van der Waals surface area contributed by atoms with Crippen LogP contribution in [0.1, 0.15) is 11.1 Å². The molecule has 0 bridgehead atoms. The van der Waals surface area contributed by atoms with E-state index in [0.29, 0.717) is 45.3 Å². The smallest absolute Gasteiger partial charge is 0.243 e. The number of nitrogens with zero attached hydrogens (tertiary/aromatic N) is 2. The number of benzene rings is 2. The fourth-order valence-corrected chi connectivity index (χ4v) is 4.82. The summed E-state index contributed by atoms with van der Waals surface area (Å²) in [6.07, 6.45) is 0. The van der Waals surface area contributed by atoms with Crippen LogP contribution in [0.25, 0.3) is 0 Å². The molecule has 2 aromatic rings. The number of hydrogen-bond acceptors (Lipinski definition) is 6. The summed E-state index contributed by atoms with van der Waals surface area (Å²) < 4.78 is 43.6. The summed E-state index contributed by atoms with van der Waals surface area (Å²) in [7, 11) is -1.46. The van der Waals surface area contributed by atoms with Crippen molar-refractivity contribution in [3.63, 3.8) is 0 Å². The van der Waals surface area contributed by atoms with E-state index in [1.165, 1.54) is 15.4 Å². The largest absolute Gasteiger partial charge is 0.492 e. The highest BCUT2D eigenvalue weighted by Gasteiger charge is 2.26. The van der Waals surface area contributed by atoms with Gasteiger partial charge in [0.25, 0.3) is 0 Å². The van der Waals surface area contributed by atoms with Gasteiger partial charge in [-0.15, -0.1) is 0 Å². The lowest BCUT2D eigenvalue weighted by atomic mass is 10.1. The van der Waals surface area contributed by atoms with E-state index in [9.17, 15) is 8.42 Å². The van der Waals surface area contributed by atoms with Crippen LogP contribution >= 0.6 is 0 Å². The molecule has 0 saturated carbocycles. The van der Waals surface area contributed by atoms with Crippen molar-refractivity contribution in [2.45, 2.75) is 18.7 Å². The molecule has 1 heterocycles. The summed E-state index contributed by atoms with van der Waals surface area (Å²) in [5.41, 5.74) is 2.39. The zero-order valence-corrected chi connectivity index (χ0v) is 19.4. The minimum absolute atomic E-state index is 0.280. The van der Waals surface area contributed by atoms with Crippen LogP contribution in [0.15, 0.2) is 47.4 Å². The molecule has 1 fully saturated rings. The third kappa shape index (κ3) is 6.93. The Labute approximate surface area is 185 Å². The summed E-state index contributed by atoms with van der Waals surface area (Å²) in [6.45, 7) is 8.41. The zero-order valence-electron chi connectivity index (χ0n) is 18.5. The topological polar surface area (TPSA) is 68.3 Å². The van der Waals surface area contributed by atoms with Crippen molar-refractivity contribution in [3.05, 3.63) is 53.6 Å². The normalized spacial score (nSPS) is 15.2. The Balaban J connectivity index is 1.40. The van der Waals surface area contributed by atoms with Crippen molar-refractivity contribution in [1.82, 2.24) is 9.21 Å². The lowest BCUT2D eigenvalue weighted by Crippen LogP contribution is -2.40. The standard InChI is InChI=1S/C23H32N2O5S/c1-19-16-20(2)18-22(17-19)30-15-9-24(3)8-14-29-21-4-6-23(7-5-21)31(26,27)25-10-12-28-13-11-25/h4-7,16-18H,8-15H2,1-3H3. The molecule has 1 aliphatic heterocycles. The van der Waals surface area contributed by atoms with Crippen molar-refractivity contribution in [3.8, 4) is 11.5 Å². The second kappa shape index (κ2) is 10.9. The molecule has 0 aliphatic carbocycles. The van der Waals surface area contributed by atoms with Gasteiger partial charge in [-0.05, 0) is 68.4 Å². The minimum Gasteiger partial charge on any atom is -0.492 e. The van der Waals surface area contributed by atoms with Crippen molar-refractivity contribution in [2.75, 3.05) is 59.7 Å². The lowest BCUT2D eigenvalue weighted by Gasteiger charge is -2.26. The SMILES string of the molecule is Cc1cc(C)cc(OCCN(C)CCOc2ccc(S(=O)(=O)N3CCOCC3)cc2)c1. The van der Waals surface area contributed by atoms with E-state index in [4.69, 9.17) is 14.2 Å². The average molecular weight is 449 g/mol. The summed E-state index contributed by atoms with van der Waals surface area (Å²) in [4.78, 5) is 2.42. The maximum atomic E-state index is 12.7. The lowest BCUT2D eigenvalue weighted by molar-refractivity contribution is 0.0730. The van der Waals surface area contributed by atoms with Crippen LogP contribution in [0.5, 0.6) is 11.5 Å².